The first-order valence-electron chi connectivity index (χ1n) is 7.84. The standard InChI is InChI=1S/C18H13F6NOS/c19-17(20,21)13-5-1-3-11(9-13)15(26)25-7-8-27-16(25)12-4-2-6-14(10-12)18(22,23)24/h1-6,9-10,16H,7-8H2/t16-/m1/s1. The van der Waals surface area contributed by atoms with Crippen molar-refractivity contribution in [2.24, 2.45) is 0 Å². The lowest BCUT2D eigenvalue weighted by atomic mass is 10.1. The van der Waals surface area contributed by atoms with Gasteiger partial charge in [-0.25, -0.2) is 0 Å². The van der Waals surface area contributed by atoms with Crippen molar-refractivity contribution in [1.82, 2.24) is 4.90 Å². The van der Waals surface area contributed by atoms with Crippen LogP contribution in [0.4, 0.5) is 26.3 Å². The maximum absolute atomic E-state index is 12.9. The fourth-order valence-electron chi connectivity index (χ4n) is 2.82. The summed E-state index contributed by atoms with van der Waals surface area (Å²) in [7, 11) is 0. The van der Waals surface area contributed by atoms with Gasteiger partial charge >= 0.3 is 12.4 Å². The van der Waals surface area contributed by atoms with E-state index in [0.29, 0.717) is 5.75 Å². The van der Waals surface area contributed by atoms with E-state index in [1.54, 1.807) is 0 Å². The van der Waals surface area contributed by atoms with Gasteiger partial charge in [0.1, 0.15) is 5.37 Å². The molecule has 0 aliphatic carbocycles. The first-order valence-corrected chi connectivity index (χ1v) is 8.89. The molecule has 0 unspecified atom stereocenters. The fourth-order valence-corrected chi connectivity index (χ4v) is 4.06. The minimum Gasteiger partial charge on any atom is -0.322 e. The zero-order chi connectivity index (χ0) is 19.8. The number of alkyl halides is 6. The van der Waals surface area contributed by atoms with Crippen LogP contribution in [0, 0.1) is 0 Å². The van der Waals surface area contributed by atoms with Crippen molar-refractivity contribution in [3.63, 3.8) is 0 Å². The Hall–Kier alpha value is -2.16. The monoisotopic (exact) mass is 405 g/mol. The van der Waals surface area contributed by atoms with Gasteiger partial charge in [0, 0.05) is 17.9 Å². The molecule has 1 fully saturated rings. The van der Waals surface area contributed by atoms with Crippen LogP contribution < -0.4 is 0 Å². The maximum atomic E-state index is 12.9. The smallest absolute Gasteiger partial charge is 0.322 e. The Bertz CT molecular complexity index is 848. The van der Waals surface area contributed by atoms with Crippen molar-refractivity contribution in [2.45, 2.75) is 17.7 Å². The molecule has 2 aromatic rings. The van der Waals surface area contributed by atoms with Crippen LogP contribution in [0.15, 0.2) is 48.5 Å². The van der Waals surface area contributed by atoms with Crippen LogP contribution in [0.2, 0.25) is 0 Å². The molecule has 0 spiro atoms. The first-order chi connectivity index (χ1) is 12.6. The SMILES string of the molecule is O=C(c1cccc(C(F)(F)F)c1)N1CCS[C@@H]1c1cccc(C(F)(F)F)c1. The summed E-state index contributed by atoms with van der Waals surface area (Å²) in [4.78, 5) is 14.0. The second-order valence-electron chi connectivity index (χ2n) is 5.92. The molecule has 0 saturated carbocycles. The predicted molar refractivity (Wildman–Crippen MR) is 89.1 cm³/mol. The van der Waals surface area contributed by atoms with Gasteiger partial charge in [0.15, 0.2) is 0 Å². The fraction of sp³-hybridized carbons (Fsp3) is 0.278. The Morgan fingerprint density at radius 3 is 2.15 bits per heavy atom. The van der Waals surface area contributed by atoms with Gasteiger partial charge in [-0.2, -0.15) is 26.3 Å². The van der Waals surface area contributed by atoms with E-state index in [-0.39, 0.29) is 17.7 Å². The van der Waals surface area contributed by atoms with Gasteiger partial charge < -0.3 is 4.90 Å². The second-order valence-corrected chi connectivity index (χ2v) is 7.11. The van der Waals surface area contributed by atoms with Gasteiger partial charge in [0.2, 0.25) is 0 Å². The predicted octanol–water partition coefficient (Wildman–Crippen LogP) is 5.61. The molecule has 0 N–H and O–H groups in total. The summed E-state index contributed by atoms with van der Waals surface area (Å²) >= 11 is 1.27. The van der Waals surface area contributed by atoms with Crippen molar-refractivity contribution in [3.8, 4) is 0 Å². The molecule has 1 aliphatic rings. The van der Waals surface area contributed by atoms with Crippen LogP contribution in [0.1, 0.15) is 32.4 Å². The Labute approximate surface area is 155 Å². The molecule has 144 valence electrons. The Morgan fingerprint density at radius 2 is 1.52 bits per heavy atom. The van der Waals surface area contributed by atoms with Gasteiger partial charge in [-0.05, 0) is 35.9 Å². The van der Waals surface area contributed by atoms with Crippen LogP contribution in [0.25, 0.3) is 0 Å². The summed E-state index contributed by atoms with van der Waals surface area (Å²) < 4.78 is 77.4. The van der Waals surface area contributed by atoms with Gasteiger partial charge in [0.25, 0.3) is 5.91 Å². The largest absolute Gasteiger partial charge is 0.416 e. The number of hydrogen-bond acceptors (Lipinski definition) is 2. The number of benzene rings is 2. The molecule has 1 amide bonds. The first kappa shape index (κ1) is 19.6. The van der Waals surface area contributed by atoms with E-state index < -0.39 is 34.8 Å². The van der Waals surface area contributed by atoms with Gasteiger partial charge in [-0.1, -0.05) is 18.2 Å². The molecule has 3 rings (SSSR count). The number of rotatable bonds is 2. The normalized spacial score (nSPS) is 18.0. The average molecular weight is 405 g/mol. The van der Waals surface area contributed by atoms with Crippen molar-refractivity contribution in [1.29, 1.82) is 0 Å². The highest BCUT2D eigenvalue weighted by Crippen LogP contribution is 2.41. The van der Waals surface area contributed by atoms with E-state index >= 15 is 0 Å². The van der Waals surface area contributed by atoms with Crippen molar-refractivity contribution >= 4 is 17.7 Å². The minimum atomic E-state index is -4.59. The van der Waals surface area contributed by atoms with Gasteiger partial charge in [-0.3, -0.25) is 4.79 Å². The van der Waals surface area contributed by atoms with Crippen LogP contribution in [-0.2, 0) is 12.4 Å². The number of amides is 1. The number of thioether (sulfide) groups is 1. The Morgan fingerprint density at radius 1 is 0.926 bits per heavy atom. The molecule has 27 heavy (non-hydrogen) atoms. The van der Waals surface area contributed by atoms with E-state index in [0.717, 1.165) is 30.3 Å². The lowest BCUT2D eigenvalue weighted by Gasteiger charge is -2.25. The van der Waals surface area contributed by atoms with E-state index in [1.165, 1.54) is 34.9 Å². The third kappa shape index (κ3) is 4.23. The number of hydrogen-bond donors (Lipinski definition) is 0. The van der Waals surface area contributed by atoms with Crippen molar-refractivity contribution < 1.29 is 31.1 Å². The lowest BCUT2D eigenvalue weighted by Crippen LogP contribution is -2.30. The average Bonchev–Trinajstić information content (AvgIpc) is 3.09. The van der Waals surface area contributed by atoms with Crippen LogP contribution in [-0.4, -0.2) is 23.1 Å². The summed E-state index contributed by atoms with van der Waals surface area (Å²) in [5.41, 5.74) is -1.65. The molecule has 9 heteroatoms. The van der Waals surface area contributed by atoms with Crippen LogP contribution >= 0.6 is 11.8 Å². The second kappa shape index (κ2) is 7.10. The summed E-state index contributed by atoms with van der Waals surface area (Å²) in [6, 6.07) is 8.66. The van der Waals surface area contributed by atoms with Crippen LogP contribution in [0.5, 0.6) is 0 Å². The molecule has 1 heterocycles. The van der Waals surface area contributed by atoms with Crippen molar-refractivity contribution in [3.05, 3.63) is 70.8 Å². The molecule has 2 aromatic carbocycles. The van der Waals surface area contributed by atoms with E-state index in [2.05, 4.69) is 0 Å². The van der Waals surface area contributed by atoms with Gasteiger partial charge in [-0.15, -0.1) is 11.8 Å². The molecule has 1 saturated heterocycles. The van der Waals surface area contributed by atoms with Crippen LogP contribution in [0.3, 0.4) is 0 Å². The minimum absolute atomic E-state index is 0.149. The highest BCUT2D eigenvalue weighted by Gasteiger charge is 2.36. The highest BCUT2D eigenvalue weighted by atomic mass is 32.2. The molecule has 0 radical (unpaired) electrons. The zero-order valence-electron chi connectivity index (χ0n) is 13.6. The van der Waals surface area contributed by atoms with Crippen molar-refractivity contribution in [2.75, 3.05) is 12.3 Å². The highest BCUT2D eigenvalue weighted by molar-refractivity contribution is 7.99. The topological polar surface area (TPSA) is 20.3 Å². The maximum Gasteiger partial charge on any atom is 0.416 e. The van der Waals surface area contributed by atoms with E-state index in [4.69, 9.17) is 0 Å². The summed E-state index contributed by atoms with van der Waals surface area (Å²) in [6.45, 7) is 0.237. The Kier molecular flexibility index (Phi) is 5.16. The number of carbonyl (C=O) groups excluding carboxylic acids is 1. The molecular weight excluding hydrogens is 392 g/mol. The lowest BCUT2D eigenvalue weighted by molar-refractivity contribution is -0.138. The quantitative estimate of drug-likeness (QED) is 0.605. The molecule has 0 bridgehead atoms. The number of nitrogens with zero attached hydrogens (tertiary/aromatic N) is 1. The zero-order valence-corrected chi connectivity index (χ0v) is 14.5. The third-order valence-corrected chi connectivity index (χ3v) is 5.35. The summed E-state index contributed by atoms with van der Waals surface area (Å²) in [6.07, 6.45) is -9.11. The third-order valence-electron chi connectivity index (χ3n) is 4.09. The Balaban J connectivity index is 1.90. The van der Waals surface area contributed by atoms with E-state index in [1.807, 2.05) is 0 Å². The van der Waals surface area contributed by atoms with E-state index in [9.17, 15) is 31.1 Å². The molecule has 2 nitrogen and oxygen atoms in total. The summed E-state index contributed by atoms with van der Waals surface area (Å²) in [5.74, 6) is -0.167. The summed E-state index contributed by atoms with van der Waals surface area (Å²) in [5, 5.41) is -0.686. The molecule has 0 aromatic heterocycles. The molecule has 1 atom stereocenters. The molecule has 1 aliphatic heterocycles. The number of halogens is 6. The number of carbonyl (C=O) groups is 1. The van der Waals surface area contributed by atoms with Gasteiger partial charge in [0.05, 0.1) is 11.1 Å². The molecular formula is C18H13F6NOS.